The number of alkyl halides is 3. The Kier molecular flexibility index (Phi) is 8.13. The van der Waals surface area contributed by atoms with Gasteiger partial charge in [-0.2, -0.15) is 13.2 Å². The second kappa shape index (κ2) is 11.5. The number of aryl methyl sites for hydroxylation is 1. The van der Waals surface area contributed by atoms with E-state index in [1.165, 1.54) is 22.9 Å². The number of carbonyl (C=O) groups is 1. The molecule has 0 unspecified atom stereocenters. The second-order valence-electron chi connectivity index (χ2n) is 10.8. The highest BCUT2D eigenvalue weighted by atomic mass is 32.2. The van der Waals surface area contributed by atoms with Crippen molar-refractivity contribution in [2.75, 3.05) is 16.2 Å². The van der Waals surface area contributed by atoms with E-state index in [1.807, 2.05) is 63.2 Å². The zero-order chi connectivity index (χ0) is 30.2. The molecule has 220 valence electrons. The lowest BCUT2D eigenvalue weighted by molar-refractivity contribution is -0.137. The number of amides is 1. The number of ether oxygens (including phenoxy) is 1. The summed E-state index contributed by atoms with van der Waals surface area (Å²) < 4.78 is 55.0. The van der Waals surface area contributed by atoms with Crippen LogP contribution in [0.4, 0.5) is 24.7 Å². The molecule has 0 atom stereocenters. The van der Waals surface area contributed by atoms with Crippen LogP contribution in [0.3, 0.4) is 0 Å². The van der Waals surface area contributed by atoms with Gasteiger partial charge in [-0.3, -0.25) is 4.79 Å². The first-order valence-electron chi connectivity index (χ1n) is 13.6. The van der Waals surface area contributed by atoms with Crippen molar-refractivity contribution in [2.24, 2.45) is 0 Å². The summed E-state index contributed by atoms with van der Waals surface area (Å²) in [7, 11) is 0. The highest BCUT2D eigenvalue weighted by Gasteiger charge is 2.45. The van der Waals surface area contributed by atoms with Crippen molar-refractivity contribution in [3.05, 3.63) is 94.2 Å². The summed E-state index contributed by atoms with van der Waals surface area (Å²) in [5, 5.41) is 4.08. The van der Waals surface area contributed by atoms with Gasteiger partial charge >= 0.3 is 6.18 Å². The van der Waals surface area contributed by atoms with Crippen LogP contribution in [-0.2, 0) is 34.3 Å². The molecule has 10 heteroatoms. The maximum atomic E-state index is 13.6. The number of nitrogens with one attached hydrogen (secondary N) is 1. The number of nitrogens with zero attached hydrogens (tertiary/aromatic N) is 2. The Morgan fingerprint density at radius 1 is 1.05 bits per heavy atom. The highest BCUT2D eigenvalue weighted by molar-refractivity contribution is 8.00. The average Bonchev–Trinajstić information content (AvgIpc) is 3.38. The van der Waals surface area contributed by atoms with Gasteiger partial charge in [-0.25, -0.2) is 0 Å². The zero-order valence-electron chi connectivity index (χ0n) is 24.1. The van der Waals surface area contributed by atoms with Gasteiger partial charge in [0.2, 0.25) is 5.91 Å². The van der Waals surface area contributed by atoms with Crippen molar-refractivity contribution >= 4 is 29.4 Å². The van der Waals surface area contributed by atoms with Crippen LogP contribution < -0.4 is 9.62 Å². The quantitative estimate of drug-likeness (QED) is 0.196. The lowest BCUT2D eigenvalue weighted by Gasteiger charge is -2.22. The summed E-state index contributed by atoms with van der Waals surface area (Å²) in [6, 6.07) is 17.4. The Hall–Kier alpha value is -3.76. The molecule has 1 aromatic heterocycles. The van der Waals surface area contributed by atoms with Crippen LogP contribution in [0, 0.1) is 13.8 Å². The number of anilines is 2. The van der Waals surface area contributed by atoms with Gasteiger partial charge in [-0.15, -0.1) is 0 Å². The summed E-state index contributed by atoms with van der Waals surface area (Å²) in [5.41, 5.74) is 3.74. The maximum Gasteiger partial charge on any atom is 0.416 e. The molecule has 1 aliphatic rings. The van der Waals surface area contributed by atoms with Crippen LogP contribution in [0.2, 0.25) is 0 Å². The Morgan fingerprint density at radius 2 is 1.81 bits per heavy atom. The van der Waals surface area contributed by atoms with E-state index in [1.54, 1.807) is 13.8 Å². The number of hydrogen-bond donors (Lipinski definition) is 1. The topological polar surface area (TPSA) is 67.6 Å². The fourth-order valence-corrected chi connectivity index (χ4v) is 5.93. The van der Waals surface area contributed by atoms with E-state index in [2.05, 4.69) is 9.88 Å². The van der Waals surface area contributed by atoms with Crippen molar-refractivity contribution < 1.29 is 27.2 Å². The number of hydrogen-bond acceptors (Lipinski definition) is 6. The van der Waals surface area contributed by atoms with E-state index in [0.29, 0.717) is 30.3 Å². The number of rotatable bonds is 9. The largest absolute Gasteiger partial charge is 0.416 e. The van der Waals surface area contributed by atoms with Gasteiger partial charge in [-0.1, -0.05) is 47.6 Å². The molecule has 0 fully saturated rings. The van der Waals surface area contributed by atoms with Gasteiger partial charge in [0, 0.05) is 22.8 Å². The Balaban J connectivity index is 1.48. The van der Waals surface area contributed by atoms with Crippen molar-refractivity contribution in [1.82, 2.24) is 5.16 Å². The Labute approximate surface area is 247 Å². The minimum atomic E-state index is -4.51. The SMILES string of the molecule is CCOCc1cc(CN2C(=O)C(C)(C)c3ccc(C(F)(F)F)cc32)ccc1-c1ccccc1SNc1noc(C)c1C. The molecule has 3 aromatic carbocycles. The molecule has 0 bridgehead atoms. The molecule has 0 saturated carbocycles. The van der Waals surface area contributed by atoms with Crippen molar-refractivity contribution in [2.45, 2.75) is 64.3 Å². The molecule has 1 aliphatic heterocycles. The van der Waals surface area contributed by atoms with E-state index < -0.39 is 17.2 Å². The van der Waals surface area contributed by atoms with Crippen LogP contribution in [0.5, 0.6) is 0 Å². The first-order chi connectivity index (χ1) is 19.9. The van der Waals surface area contributed by atoms with Crippen LogP contribution in [0.1, 0.15) is 54.3 Å². The van der Waals surface area contributed by atoms with Crippen LogP contribution in [0.15, 0.2) is 70.1 Å². The first-order valence-corrected chi connectivity index (χ1v) is 14.4. The van der Waals surface area contributed by atoms with Gasteiger partial charge in [0.15, 0.2) is 5.82 Å². The molecule has 5 rings (SSSR count). The summed E-state index contributed by atoms with van der Waals surface area (Å²) in [5.74, 6) is 1.17. The van der Waals surface area contributed by atoms with Crippen molar-refractivity contribution in [3.8, 4) is 11.1 Å². The number of aromatic nitrogens is 1. The number of halogens is 3. The van der Waals surface area contributed by atoms with Gasteiger partial charge in [-0.05, 0) is 92.6 Å². The summed E-state index contributed by atoms with van der Waals surface area (Å²) >= 11 is 1.42. The van der Waals surface area contributed by atoms with E-state index in [0.717, 1.165) is 50.6 Å². The third-order valence-corrected chi connectivity index (χ3v) is 8.50. The smallest absolute Gasteiger partial charge is 0.377 e. The highest BCUT2D eigenvalue weighted by Crippen LogP contribution is 2.45. The third kappa shape index (κ3) is 5.65. The fraction of sp³-hybridized carbons (Fsp3) is 0.312. The monoisotopic (exact) mass is 595 g/mol. The molecule has 2 heterocycles. The molecule has 4 aromatic rings. The fourth-order valence-electron chi connectivity index (χ4n) is 5.10. The first kappa shape index (κ1) is 29.7. The standard InChI is InChI=1S/C32H32F3N3O3S/c1-6-40-18-22-15-21(17-38-27-16-23(32(33,34)35)12-14-26(27)31(4,5)30(38)39)11-13-24(22)25-9-7-8-10-28(25)42-37-29-19(2)20(3)41-36-29/h7-16H,6,17-18H2,1-5H3,(H,36,37). The van der Waals surface area contributed by atoms with Gasteiger partial charge < -0.3 is 18.9 Å². The predicted octanol–water partition coefficient (Wildman–Crippen LogP) is 8.46. The zero-order valence-corrected chi connectivity index (χ0v) is 24.9. The molecule has 0 radical (unpaired) electrons. The van der Waals surface area contributed by atoms with E-state index in [9.17, 15) is 18.0 Å². The van der Waals surface area contributed by atoms with Crippen LogP contribution >= 0.6 is 11.9 Å². The van der Waals surface area contributed by atoms with Gasteiger partial charge in [0.05, 0.1) is 24.1 Å². The summed E-state index contributed by atoms with van der Waals surface area (Å²) in [6.45, 7) is 10.2. The van der Waals surface area contributed by atoms with E-state index in [-0.39, 0.29) is 12.5 Å². The van der Waals surface area contributed by atoms with Crippen LogP contribution in [0.25, 0.3) is 11.1 Å². The van der Waals surface area contributed by atoms with Crippen LogP contribution in [-0.4, -0.2) is 17.7 Å². The molecule has 0 aliphatic carbocycles. The predicted molar refractivity (Wildman–Crippen MR) is 158 cm³/mol. The molecule has 0 spiro atoms. The Morgan fingerprint density at radius 3 is 2.50 bits per heavy atom. The molecular formula is C32H32F3N3O3S. The minimum absolute atomic E-state index is 0.138. The number of benzene rings is 3. The lowest BCUT2D eigenvalue weighted by Crippen LogP contribution is -2.35. The molecule has 42 heavy (non-hydrogen) atoms. The molecule has 0 saturated heterocycles. The number of carbonyl (C=O) groups excluding carboxylic acids is 1. The molecule has 1 N–H and O–H groups in total. The normalized spacial score (nSPS) is 14.4. The third-order valence-electron chi connectivity index (χ3n) is 7.63. The summed E-state index contributed by atoms with van der Waals surface area (Å²) in [4.78, 5) is 15.9. The van der Waals surface area contributed by atoms with Gasteiger partial charge in [0.1, 0.15) is 5.76 Å². The lowest BCUT2D eigenvalue weighted by atomic mass is 9.86. The molecule has 1 amide bonds. The molecule has 6 nitrogen and oxygen atoms in total. The number of fused-ring (bicyclic) bond motifs is 1. The van der Waals surface area contributed by atoms with Crippen molar-refractivity contribution in [1.29, 1.82) is 0 Å². The maximum absolute atomic E-state index is 13.6. The van der Waals surface area contributed by atoms with E-state index in [4.69, 9.17) is 9.26 Å². The average molecular weight is 596 g/mol. The minimum Gasteiger partial charge on any atom is -0.377 e. The van der Waals surface area contributed by atoms with E-state index >= 15 is 0 Å². The summed E-state index contributed by atoms with van der Waals surface area (Å²) in [6.07, 6.45) is -4.51. The second-order valence-corrected chi connectivity index (χ2v) is 11.6. The van der Waals surface area contributed by atoms with Gasteiger partial charge in [0.25, 0.3) is 0 Å². The Bertz CT molecular complexity index is 1630. The molecular weight excluding hydrogens is 563 g/mol. The van der Waals surface area contributed by atoms with Crippen molar-refractivity contribution in [3.63, 3.8) is 0 Å².